The Hall–Kier alpha value is -1.20. The predicted molar refractivity (Wildman–Crippen MR) is 164 cm³/mol. The van der Waals surface area contributed by atoms with Crippen molar-refractivity contribution in [2.45, 2.75) is 105 Å². The maximum atomic E-state index is 11.1. The fourth-order valence-corrected chi connectivity index (χ4v) is 12.5. The van der Waals surface area contributed by atoms with Gasteiger partial charge in [0.15, 0.2) is 0 Å². The monoisotopic (exact) mass is 564 g/mol. The van der Waals surface area contributed by atoms with Crippen LogP contribution in [0.3, 0.4) is 0 Å². The second-order valence-electron chi connectivity index (χ2n) is 16.2. The van der Waals surface area contributed by atoms with Gasteiger partial charge in [0, 0.05) is 5.41 Å². The Morgan fingerprint density at radius 1 is 0.854 bits per heavy atom. The Bertz CT molecular complexity index is 1120. The van der Waals surface area contributed by atoms with E-state index >= 15 is 0 Å². The molecule has 5 aliphatic rings. The minimum Gasteiger partial charge on any atom is -0.396 e. The molecular formula is C37H56O4. The number of hydrogen-bond donors (Lipinski definition) is 3. The van der Waals surface area contributed by atoms with Crippen LogP contribution in [0.1, 0.15) is 97.5 Å². The average molecular weight is 565 g/mol. The van der Waals surface area contributed by atoms with Gasteiger partial charge in [-0.2, -0.15) is 0 Å². The van der Waals surface area contributed by atoms with E-state index in [0.717, 1.165) is 37.9 Å². The molecule has 1 aromatic carbocycles. The minimum absolute atomic E-state index is 0.0796. The van der Waals surface area contributed by atoms with Crippen LogP contribution in [-0.2, 0) is 11.3 Å². The van der Waals surface area contributed by atoms with E-state index in [1.807, 2.05) is 0 Å². The van der Waals surface area contributed by atoms with Crippen LogP contribution in [0, 0.1) is 56.7 Å². The average Bonchev–Trinajstić information content (AvgIpc) is 3.35. The number of hydrogen-bond acceptors (Lipinski definition) is 4. The van der Waals surface area contributed by atoms with Crippen molar-refractivity contribution in [3.05, 3.63) is 48.0 Å². The van der Waals surface area contributed by atoms with Gasteiger partial charge < -0.3 is 20.1 Å². The Balaban J connectivity index is 1.32. The Kier molecular flexibility index (Phi) is 7.62. The Morgan fingerprint density at radius 2 is 1.61 bits per heavy atom. The van der Waals surface area contributed by atoms with E-state index in [4.69, 9.17) is 4.74 Å². The molecule has 4 heteroatoms. The van der Waals surface area contributed by atoms with Crippen LogP contribution in [0.4, 0.5) is 0 Å². The van der Waals surface area contributed by atoms with Crippen LogP contribution >= 0.6 is 0 Å². The Morgan fingerprint density at radius 3 is 2.32 bits per heavy atom. The summed E-state index contributed by atoms with van der Waals surface area (Å²) in [6.07, 6.45) is 11.0. The van der Waals surface area contributed by atoms with Crippen LogP contribution in [0.15, 0.2) is 42.5 Å². The summed E-state index contributed by atoms with van der Waals surface area (Å²) in [5.41, 5.74) is 2.63. The first-order chi connectivity index (χ1) is 19.5. The zero-order chi connectivity index (χ0) is 29.3. The maximum Gasteiger partial charge on any atom is 0.0717 e. The van der Waals surface area contributed by atoms with Gasteiger partial charge in [-0.1, -0.05) is 64.6 Å². The number of aliphatic hydroxyl groups is 3. The topological polar surface area (TPSA) is 69.9 Å². The predicted octanol–water partition coefficient (Wildman–Crippen LogP) is 7.17. The zero-order valence-electron chi connectivity index (χ0n) is 26.2. The first-order valence-electron chi connectivity index (χ1n) is 16.7. The van der Waals surface area contributed by atoms with Gasteiger partial charge >= 0.3 is 0 Å². The zero-order valence-corrected chi connectivity index (χ0v) is 26.2. The third kappa shape index (κ3) is 4.20. The van der Waals surface area contributed by atoms with Crippen molar-refractivity contribution in [2.24, 2.45) is 56.7 Å². The summed E-state index contributed by atoms with van der Waals surface area (Å²) in [4.78, 5) is 0. The lowest BCUT2D eigenvalue weighted by Crippen LogP contribution is -2.67. The van der Waals surface area contributed by atoms with Gasteiger partial charge in [0.25, 0.3) is 0 Å². The van der Waals surface area contributed by atoms with E-state index in [9.17, 15) is 15.3 Å². The molecule has 0 radical (unpaired) electrons. The number of fused-ring (bicyclic) bond motifs is 7. The molecular weight excluding hydrogens is 508 g/mol. The molecule has 0 heterocycles. The molecule has 0 aliphatic heterocycles. The lowest BCUT2D eigenvalue weighted by molar-refractivity contribution is -0.256. The number of aliphatic hydroxyl groups excluding tert-OH is 3. The summed E-state index contributed by atoms with van der Waals surface area (Å²) in [5, 5.41) is 31.9. The summed E-state index contributed by atoms with van der Waals surface area (Å²) < 4.78 is 6.56. The molecule has 5 fully saturated rings. The quantitative estimate of drug-likeness (QED) is 0.307. The van der Waals surface area contributed by atoms with Crippen LogP contribution in [0.2, 0.25) is 0 Å². The largest absolute Gasteiger partial charge is 0.396 e. The molecule has 228 valence electrons. The SMILES string of the molecule is C=C(CO)C1CC[C@]2(COCc3ccccc3)CC[C@]3(C)C(CCC4[C@@]5(C)CC[C@H](O)[C@@](C)(CO)[C@@H]5CC[C@]43C)C12. The van der Waals surface area contributed by atoms with Crippen LogP contribution in [0.5, 0.6) is 0 Å². The lowest BCUT2D eigenvalue weighted by atomic mass is 9.32. The molecule has 4 nitrogen and oxygen atoms in total. The fraction of sp³-hybridized carbons (Fsp3) is 0.784. The molecule has 6 rings (SSSR count). The van der Waals surface area contributed by atoms with E-state index < -0.39 is 11.5 Å². The number of benzene rings is 1. The highest BCUT2D eigenvalue weighted by molar-refractivity contribution is 5.22. The highest BCUT2D eigenvalue weighted by Crippen LogP contribution is 2.77. The van der Waals surface area contributed by atoms with Gasteiger partial charge in [0.2, 0.25) is 0 Å². The van der Waals surface area contributed by atoms with Crippen LogP contribution in [-0.4, -0.2) is 41.2 Å². The van der Waals surface area contributed by atoms with E-state index in [1.54, 1.807) is 0 Å². The molecule has 41 heavy (non-hydrogen) atoms. The van der Waals surface area contributed by atoms with Crippen molar-refractivity contribution < 1.29 is 20.1 Å². The first-order valence-corrected chi connectivity index (χ1v) is 16.7. The molecule has 1 aromatic rings. The summed E-state index contributed by atoms with van der Waals surface area (Å²) in [5.74, 6) is 2.46. The molecule has 0 spiro atoms. The van der Waals surface area contributed by atoms with E-state index in [2.05, 4.69) is 64.6 Å². The summed E-state index contributed by atoms with van der Waals surface area (Å²) in [6.45, 7) is 16.0. The highest BCUT2D eigenvalue weighted by atomic mass is 16.5. The fourth-order valence-electron chi connectivity index (χ4n) is 12.5. The van der Waals surface area contributed by atoms with Crippen LogP contribution in [0.25, 0.3) is 0 Å². The molecule has 5 aliphatic carbocycles. The second kappa shape index (κ2) is 10.5. The molecule has 0 bridgehead atoms. The molecule has 0 saturated heterocycles. The smallest absolute Gasteiger partial charge is 0.0717 e. The van der Waals surface area contributed by atoms with Crippen molar-refractivity contribution in [1.82, 2.24) is 0 Å². The number of rotatable bonds is 7. The van der Waals surface area contributed by atoms with Gasteiger partial charge in [-0.3, -0.25) is 0 Å². The third-order valence-electron chi connectivity index (χ3n) is 15.0. The first kappa shape index (κ1) is 29.9. The molecule has 11 atom stereocenters. The van der Waals surface area contributed by atoms with Crippen molar-refractivity contribution in [3.8, 4) is 0 Å². The van der Waals surface area contributed by atoms with Gasteiger partial charge in [0.1, 0.15) is 0 Å². The molecule has 4 unspecified atom stereocenters. The normalized spacial score (nSPS) is 49.0. The maximum absolute atomic E-state index is 11.1. The highest BCUT2D eigenvalue weighted by Gasteiger charge is 2.71. The third-order valence-corrected chi connectivity index (χ3v) is 15.0. The number of ether oxygens (including phenoxy) is 1. The summed E-state index contributed by atoms with van der Waals surface area (Å²) >= 11 is 0. The molecule has 0 amide bonds. The molecule has 0 aromatic heterocycles. The molecule has 5 saturated carbocycles. The van der Waals surface area contributed by atoms with Crippen LogP contribution < -0.4 is 0 Å². The lowest BCUT2D eigenvalue weighted by Gasteiger charge is -2.73. The standard InChI is InChI=1S/C37H56O4/c1-25(21-38)27-13-18-37(24-41-22-26-9-7-6-8-10-26)20-19-35(4)28(32(27)37)11-12-30-33(2)16-15-31(40)34(3,23-39)29(33)14-17-36(30,35)5/h6-10,27-32,38-40H,1,11-24H2,2-5H3/t27?,28?,29-,30?,31+,32?,33+,34+,35-,36-,37-/m1/s1. The van der Waals surface area contributed by atoms with E-state index in [-0.39, 0.29) is 34.9 Å². The van der Waals surface area contributed by atoms with Crippen molar-refractivity contribution >= 4 is 0 Å². The minimum atomic E-state index is -0.406. The van der Waals surface area contributed by atoms with Gasteiger partial charge in [-0.15, -0.1) is 0 Å². The van der Waals surface area contributed by atoms with Crippen molar-refractivity contribution in [2.75, 3.05) is 19.8 Å². The summed E-state index contributed by atoms with van der Waals surface area (Å²) in [7, 11) is 0. The van der Waals surface area contributed by atoms with E-state index in [0.29, 0.717) is 36.2 Å². The van der Waals surface area contributed by atoms with Gasteiger partial charge in [-0.25, -0.2) is 0 Å². The van der Waals surface area contributed by atoms with Gasteiger partial charge in [0.05, 0.1) is 32.5 Å². The second-order valence-corrected chi connectivity index (χ2v) is 16.2. The van der Waals surface area contributed by atoms with Crippen molar-refractivity contribution in [1.29, 1.82) is 0 Å². The summed E-state index contributed by atoms with van der Waals surface area (Å²) in [6, 6.07) is 10.6. The molecule has 3 N–H and O–H groups in total. The van der Waals surface area contributed by atoms with E-state index in [1.165, 1.54) is 44.1 Å². The Labute approximate surface area is 249 Å². The van der Waals surface area contributed by atoms with Gasteiger partial charge in [-0.05, 0) is 127 Å². The van der Waals surface area contributed by atoms with Crippen molar-refractivity contribution in [3.63, 3.8) is 0 Å².